The van der Waals surface area contributed by atoms with Crippen molar-refractivity contribution in [1.82, 2.24) is 10.3 Å². The summed E-state index contributed by atoms with van der Waals surface area (Å²) >= 11 is 5.98. The summed E-state index contributed by atoms with van der Waals surface area (Å²) in [5.74, 6) is -0.532. The van der Waals surface area contributed by atoms with Gasteiger partial charge in [0.2, 0.25) is 11.8 Å². The molecular formula is C17H16ClF3N2O3. The highest BCUT2D eigenvalue weighted by molar-refractivity contribution is 6.31. The third-order valence-corrected chi connectivity index (χ3v) is 3.49. The molecule has 0 unspecified atom stereocenters. The maximum Gasteiger partial charge on any atom is 0.422 e. The molecule has 1 N–H and O–H groups in total. The van der Waals surface area contributed by atoms with E-state index in [0.29, 0.717) is 10.6 Å². The van der Waals surface area contributed by atoms with Crippen molar-refractivity contribution < 1.29 is 27.4 Å². The minimum Gasteiger partial charge on any atom is -0.468 e. The second kappa shape index (κ2) is 9.40. The number of aromatic nitrogens is 1. The summed E-state index contributed by atoms with van der Waals surface area (Å²) in [6.07, 6.45) is -3.13. The van der Waals surface area contributed by atoms with E-state index in [4.69, 9.17) is 16.3 Å². The lowest BCUT2D eigenvalue weighted by Crippen LogP contribution is -2.27. The fourth-order valence-corrected chi connectivity index (χ4v) is 2.11. The molecule has 140 valence electrons. The molecule has 0 aliphatic rings. The molecule has 1 aromatic heterocycles. The van der Waals surface area contributed by atoms with Gasteiger partial charge in [0.1, 0.15) is 6.61 Å². The second-order valence-corrected chi connectivity index (χ2v) is 5.67. The SMILES string of the molecule is O=C(COCc1ccccc1Cl)NCc1ccnc(OCC(F)(F)F)c1. The number of carbonyl (C=O) groups is 1. The highest BCUT2D eigenvalue weighted by Crippen LogP contribution is 2.18. The molecule has 0 fully saturated rings. The Morgan fingerprint density at radius 3 is 2.73 bits per heavy atom. The molecule has 2 aromatic rings. The van der Waals surface area contributed by atoms with Crippen LogP contribution in [0.4, 0.5) is 13.2 Å². The number of hydrogen-bond acceptors (Lipinski definition) is 4. The number of alkyl halides is 3. The number of rotatable bonds is 8. The van der Waals surface area contributed by atoms with Gasteiger partial charge in [0, 0.05) is 23.8 Å². The summed E-state index contributed by atoms with van der Waals surface area (Å²) in [7, 11) is 0. The molecule has 1 heterocycles. The maximum atomic E-state index is 12.1. The third kappa shape index (κ3) is 7.28. The van der Waals surface area contributed by atoms with Crippen molar-refractivity contribution in [2.45, 2.75) is 19.3 Å². The summed E-state index contributed by atoms with van der Waals surface area (Å²) < 4.78 is 46.2. The van der Waals surface area contributed by atoms with Crippen LogP contribution in [0.1, 0.15) is 11.1 Å². The van der Waals surface area contributed by atoms with E-state index < -0.39 is 12.8 Å². The number of amides is 1. The van der Waals surface area contributed by atoms with E-state index in [9.17, 15) is 18.0 Å². The van der Waals surface area contributed by atoms with Gasteiger partial charge in [0.15, 0.2) is 6.61 Å². The standard InChI is InChI=1S/C17H16ClF3N2O3/c18-14-4-2-1-3-13(14)9-25-10-15(24)23-8-12-5-6-22-16(7-12)26-11-17(19,20)21/h1-7H,8-11H2,(H,23,24). The molecule has 26 heavy (non-hydrogen) atoms. The van der Waals surface area contributed by atoms with Gasteiger partial charge in [-0.2, -0.15) is 13.2 Å². The van der Waals surface area contributed by atoms with Crippen molar-refractivity contribution in [3.05, 3.63) is 58.7 Å². The Morgan fingerprint density at radius 1 is 1.23 bits per heavy atom. The van der Waals surface area contributed by atoms with Gasteiger partial charge in [0.25, 0.3) is 0 Å². The normalized spacial score (nSPS) is 11.2. The fourth-order valence-electron chi connectivity index (χ4n) is 1.92. The molecule has 1 amide bonds. The molecule has 0 atom stereocenters. The molecule has 0 saturated carbocycles. The van der Waals surface area contributed by atoms with Crippen LogP contribution in [0.5, 0.6) is 5.88 Å². The van der Waals surface area contributed by atoms with E-state index in [1.807, 2.05) is 6.07 Å². The van der Waals surface area contributed by atoms with Gasteiger partial charge in [-0.25, -0.2) is 4.98 Å². The minimum absolute atomic E-state index is 0.110. The number of nitrogens with zero attached hydrogens (tertiary/aromatic N) is 1. The molecule has 5 nitrogen and oxygen atoms in total. The lowest BCUT2D eigenvalue weighted by Gasteiger charge is -2.10. The Labute approximate surface area is 153 Å². The minimum atomic E-state index is -4.44. The van der Waals surface area contributed by atoms with Crippen LogP contribution in [-0.4, -0.2) is 30.3 Å². The molecule has 1 aromatic carbocycles. The summed E-state index contributed by atoms with van der Waals surface area (Å²) in [5.41, 5.74) is 1.32. The number of carbonyl (C=O) groups excluding carboxylic acids is 1. The van der Waals surface area contributed by atoms with Crippen LogP contribution in [0.25, 0.3) is 0 Å². The van der Waals surface area contributed by atoms with Crippen LogP contribution in [0, 0.1) is 0 Å². The lowest BCUT2D eigenvalue weighted by atomic mass is 10.2. The van der Waals surface area contributed by atoms with Gasteiger partial charge < -0.3 is 14.8 Å². The number of benzene rings is 1. The van der Waals surface area contributed by atoms with E-state index in [2.05, 4.69) is 15.0 Å². The van der Waals surface area contributed by atoms with Gasteiger partial charge >= 0.3 is 6.18 Å². The molecule has 0 saturated heterocycles. The fraction of sp³-hybridized carbons (Fsp3) is 0.294. The predicted molar refractivity (Wildman–Crippen MR) is 88.7 cm³/mol. The first-order valence-electron chi connectivity index (χ1n) is 7.56. The van der Waals surface area contributed by atoms with Gasteiger partial charge in [-0.15, -0.1) is 0 Å². The van der Waals surface area contributed by atoms with Crippen molar-refractivity contribution in [2.24, 2.45) is 0 Å². The monoisotopic (exact) mass is 388 g/mol. The average Bonchev–Trinajstić information content (AvgIpc) is 2.60. The zero-order valence-electron chi connectivity index (χ0n) is 13.6. The van der Waals surface area contributed by atoms with Crippen molar-refractivity contribution >= 4 is 17.5 Å². The van der Waals surface area contributed by atoms with Crippen LogP contribution in [0.15, 0.2) is 42.6 Å². The smallest absolute Gasteiger partial charge is 0.422 e. The molecule has 0 spiro atoms. The third-order valence-electron chi connectivity index (χ3n) is 3.12. The number of pyridine rings is 1. The van der Waals surface area contributed by atoms with Crippen LogP contribution in [0.3, 0.4) is 0 Å². The first-order valence-corrected chi connectivity index (χ1v) is 7.93. The summed E-state index contributed by atoms with van der Waals surface area (Å²) in [6, 6.07) is 10.0. The van der Waals surface area contributed by atoms with Crippen LogP contribution < -0.4 is 10.1 Å². The van der Waals surface area contributed by atoms with Crippen molar-refractivity contribution in [1.29, 1.82) is 0 Å². The number of nitrogens with one attached hydrogen (secondary N) is 1. The van der Waals surface area contributed by atoms with Gasteiger partial charge in [0.05, 0.1) is 6.61 Å². The summed E-state index contributed by atoms with van der Waals surface area (Å²) in [6.45, 7) is -1.30. The average molecular weight is 389 g/mol. The van der Waals surface area contributed by atoms with E-state index in [-0.39, 0.29) is 31.5 Å². The van der Waals surface area contributed by atoms with Gasteiger partial charge in [-0.05, 0) is 23.3 Å². The Bertz CT molecular complexity index is 741. The van der Waals surface area contributed by atoms with Crippen LogP contribution >= 0.6 is 11.6 Å². The molecule has 9 heteroatoms. The number of halogens is 4. The predicted octanol–water partition coefficient (Wildman–Crippen LogP) is 3.51. The molecular weight excluding hydrogens is 373 g/mol. The molecule has 2 rings (SSSR count). The molecule has 0 bridgehead atoms. The molecule has 0 radical (unpaired) electrons. The van der Waals surface area contributed by atoms with Crippen molar-refractivity contribution in [3.8, 4) is 5.88 Å². The largest absolute Gasteiger partial charge is 0.468 e. The van der Waals surface area contributed by atoms with Crippen LogP contribution in [0.2, 0.25) is 5.02 Å². The van der Waals surface area contributed by atoms with E-state index in [1.165, 1.54) is 12.3 Å². The highest BCUT2D eigenvalue weighted by Gasteiger charge is 2.28. The Morgan fingerprint density at radius 2 is 2.00 bits per heavy atom. The highest BCUT2D eigenvalue weighted by atomic mass is 35.5. The number of hydrogen-bond donors (Lipinski definition) is 1. The maximum absolute atomic E-state index is 12.1. The zero-order valence-corrected chi connectivity index (χ0v) is 14.3. The summed E-state index contributed by atoms with van der Waals surface area (Å²) in [5, 5.41) is 3.15. The van der Waals surface area contributed by atoms with Gasteiger partial charge in [-0.3, -0.25) is 4.79 Å². The Balaban J connectivity index is 1.74. The Hall–Kier alpha value is -2.32. The second-order valence-electron chi connectivity index (χ2n) is 5.27. The molecule has 0 aliphatic carbocycles. The summed E-state index contributed by atoms with van der Waals surface area (Å²) in [4.78, 5) is 15.5. The Kier molecular flexibility index (Phi) is 7.23. The topological polar surface area (TPSA) is 60.5 Å². The zero-order chi connectivity index (χ0) is 19.0. The lowest BCUT2D eigenvalue weighted by molar-refractivity contribution is -0.154. The first kappa shape index (κ1) is 20.0. The quantitative estimate of drug-likeness (QED) is 0.751. The van der Waals surface area contributed by atoms with Gasteiger partial charge in [-0.1, -0.05) is 29.8 Å². The first-order chi connectivity index (χ1) is 12.3. The molecule has 0 aliphatic heterocycles. The van der Waals surface area contributed by atoms with Crippen LogP contribution in [-0.2, 0) is 22.7 Å². The van der Waals surface area contributed by atoms with E-state index in [1.54, 1.807) is 24.3 Å². The van der Waals surface area contributed by atoms with E-state index in [0.717, 1.165) is 5.56 Å². The van der Waals surface area contributed by atoms with Crippen molar-refractivity contribution in [3.63, 3.8) is 0 Å². The van der Waals surface area contributed by atoms with E-state index >= 15 is 0 Å². The van der Waals surface area contributed by atoms with Crippen molar-refractivity contribution in [2.75, 3.05) is 13.2 Å². The number of ether oxygens (including phenoxy) is 2.